The molecule has 1 aromatic rings. The van der Waals surface area contributed by atoms with Crippen molar-refractivity contribution in [2.24, 2.45) is 17.3 Å². The zero-order valence-corrected chi connectivity index (χ0v) is 31.6. The molecule has 4 aliphatic rings. The highest BCUT2D eigenvalue weighted by atomic mass is 16.5. The van der Waals surface area contributed by atoms with Crippen molar-refractivity contribution in [3.63, 3.8) is 0 Å². The number of nitrogens with one attached hydrogen (secondary N) is 2. The van der Waals surface area contributed by atoms with E-state index in [0.717, 1.165) is 75.2 Å². The van der Waals surface area contributed by atoms with E-state index >= 15 is 0 Å². The highest BCUT2D eigenvalue weighted by Gasteiger charge is 2.53. The van der Waals surface area contributed by atoms with E-state index in [9.17, 15) is 0 Å². The van der Waals surface area contributed by atoms with Crippen molar-refractivity contribution in [2.75, 3.05) is 42.6 Å². The molecule has 1 aliphatic carbocycles. The van der Waals surface area contributed by atoms with Gasteiger partial charge in [-0.15, -0.1) is 0 Å². The Morgan fingerprint density at radius 1 is 0.826 bits per heavy atom. The van der Waals surface area contributed by atoms with Crippen molar-refractivity contribution < 1.29 is 4.74 Å². The summed E-state index contributed by atoms with van der Waals surface area (Å²) in [4.78, 5) is 20.2. The van der Waals surface area contributed by atoms with Gasteiger partial charge in [0.05, 0.1) is 13.2 Å². The van der Waals surface area contributed by atoms with Crippen LogP contribution < -0.4 is 20.4 Å². The molecule has 262 valence electrons. The molecule has 4 heterocycles. The summed E-state index contributed by atoms with van der Waals surface area (Å²) in [5.41, 5.74) is 1.12. The van der Waals surface area contributed by atoms with Crippen LogP contribution >= 0.6 is 0 Å². The number of hydrogen-bond donors (Lipinski definition) is 2. The lowest BCUT2D eigenvalue weighted by molar-refractivity contribution is 0.0587. The fourth-order valence-electron chi connectivity index (χ4n) is 9.61. The number of hydrogen-bond acceptors (Lipinski definition) is 8. The topological polar surface area (TPSA) is 78.4 Å². The maximum atomic E-state index is 5.66. The summed E-state index contributed by atoms with van der Waals surface area (Å²) >= 11 is 0. The van der Waals surface area contributed by atoms with Crippen LogP contribution in [0.25, 0.3) is 0 Å². The normalized spacial score (nSPS) is 26.3. The van der Waals surface area contributed by atoms with Crippen molar-refractivity contribution in [3.05, 3.63) is 5.82 Å². The van der Waals surface area contributed by atoms with Crippen molar-refractivity contribution in [3.8, 4) is 0 Å². The standard InChI is InChI=1S/C38H69N7O/c1-27(2)31-39-32(44-19-21-46-22-20-44)41-33(40-31)45(29-25-36(8,9)42-37(10,11)26-29)18-14-12-13-15-30(34(3,4)5)28-23-35(6,7)43-38(24-28)16-17-38/h27-30,42-43H,12-26H2,1-11H3. The highest BCUT2D eigenvalue weighted by molar-refractivity contribution is 5.41. The van der Waals surface area contributed by atoms with Gasteiger partial charge in [0.15, 0.2) is 0 Å². The molecule has 5 rings (SSSR count). The molecule has 46 heavy (non-hydrogen) atoms. The minimum absolute atomic E-state index is 0.0487. The second-order valence-electron chi connectivity index (χ2n) is 19.0. The lowest BCUT2D eigenvalue weighted by atomic mass is 9.64. The molecule has 0 radical (unpaired) electrons. The average Bonchev–Trinajstić information content (AvgIpc) is 3.66. The Kier molecular flexibility index (Phi) is 10.4. The maximum Gasteiger partial charge on any atom is 0.230 e. The Bertz CT molecular complexity index is 1140. The molecule has 3 aliphatic heterocycles. The molecule has 4 fully saturated rings. The first-order valence-corrected chi connectivity index (χ1v) is 18.8. The first-order chi connectivity index (χ1) is 21.4. The average molecular weight is 640 g/mol. The minimum atomic E-state index is 0.0487. The first kappa shape index (κ1) is 35.8. The van der Waals surface area contributed by atoms with Crippen LogP contribution in [0.5, 0.6) is 0 Å². The van der Waals surface area contributed by atoms with Crippen LogP contribution in [0.15, 0.2) is 0 Å². The van der Waals surface area contributed by atoms with Crippen molar-refractivity contribution in [1.82, 2.24) is 25.6 Å². The summed E-state index contributed by atoms with van der Waals surface area (Å²) in [5, 5.41) is 7.93. The number of unbranched alkanes of at least 4 members (excludes halogenated alkanes) is 2. The largest absolute Gasteiger partial charge is 0.378 e. The van der Waals surface area contributed by atoms with Gasteiger partial charge in [-0.05, 0) is 110 Å². The molecule has 3 saturated heterocycles. The fraction of sp³-hybridized carbons (Fsp3) is 0.921. The zero-order chi connectivity index (χ0) is 33.5. The predicted molar refractivity (Wildman–Crippen MR) is 192 cm³/mol. The monoisotopic (exact) mass is 640 g/mol. The number of anilines is 2. The fourth-order valence-corrected chi connectivity index (χ4v) is 9.61. The van der Waals surface area contributed by atoms with Crippen LogP contribution in [-0.2, 0) is 4.74 Å². The van der Waals surface area contributed by atoms with E-state index < -0.39 is 0 Å². The van der Waals surface area contributed by atoms with E-state index in [1.54, 1.807) is 0 Å². The smallest absolute Gasteiger partial charge is 0.230 e. The lowest BCUT2D eigenvalue weighted by Crippen LogP contribution is -2.62. The number of nitrogens with zero attached hydrogens (tertiary/aromatic N) is 5. The number of rotatable bonds is 11. The maximum absolute atomic E-state index is 5.66. The molecule has 0 amide bonds. The molecule has 2 N–H and O–H groups in total. The minimum Gasteiger partial charge on any atom is -0.378 e. The van der Waals surface area contributed by atoms with Gasteiger partial charge in [0, 0.05) is 53.7 Å². The Hall–Kier alpha value is -1.51. The van der Waals surface area contributed by atoms with Crippen LogP contribution in [0.4, 0.5) is 11.9 Å². The van der Waals surface area contributed by atoms with Gasteiger partial charge in [-0.2, -0.15) is 15.0 Å². The molecule has 1 spiro atoms. The van der Waals surface area contributed by atoms with Crippen molar-refractivity contribution in [1.29, 1.82) is 0 Å². The van der Waals surface area contributed by atoms with Crippen molar-refractivity contribution >= 4 is 11.9 Å². The van der Waals surface area contributed by atoms with Crippen LogP contribution in [-0.4, -0.2) is 76.0 Å². The number of morpholine rings is 1. The van der Waals surface area contributed by atoms with Crippen LogP contribution in [0, 0.1) is 17.3 Å². The van der Waals surface area contributed by atoms with Crippen LogP contribution in [0.1, 0.15) is 152 Å². The van der Waals surface area contributed by atoms with E-state index in [0.29, 0.717) is 17.0 Å². The zero-order valence-electron chi connectivity index (χ0n) is 31.6. The molecule has 0 bridgehead atoms. The second-order valence-corrected chi connectivity index (χ2v) is 19.0. The Morgan fingerprint density at radius 2 is 1.46 bits per heavy atom. The van der Waals surface area contributed by atoms with E-state index in [4.69, 9.17) is 19.7 Å². The van der Waals surface area contributed by atoms with E-state index in [1.807, 2.05) is 0 Å². The summed E-state index contributed by atoms with van der Waals surface area (Å²) < 4.78 is 5.66. The van der Waals surface area contributed by atoms with E-state index in [2.05, 4.69) is 96.6 Å². The molecule has 8 nitrogen and oxygen atoms in total. The lowest BCUT2D eigenvalue weighted by Gasteiger charge is -2.49. The van der Waals surface area contributed by atoms with E-state index in [1.165, 1.54) is 51.4 Å². The molecular formula is C38H69N7O. The predicted octanol–water partition coefficient (Wildman–Crippen LogP) is 7.48. The van der Waals surface area contributed by atoms with Gasteiger partial charge in [0.25, 0.3) is 0 Å². The molecule has 0 aromatic carbocycles. The summed E-state index contributed by atoms with van der Waals surface area (Å²) in [5.74, 6) is 4.41. The van der Waals surface area contributed by atoms with Gasteiger partial charge < -0.3 is 25.2 Å². The van der Waals surface area contributed by atoms with Gasteiger partial charge in [-0.1, -0.05) is 47.5 Å². The Balaban J connectivity index is 1.32. The molecule has 2 unspecified atom stereocenters. The Morgan fingerprint density at radius 3 is 2.04 bits per heavy atom. The van der Waals surface area contributed by atoms with Crippen LogP contribution in [0.3, 0.4) is 0 Å². The Labute approximate surface area is 282 Å². The van der Waals surface area contributed by atoms with Crippen molar-refractivity contribution in [2.45, 2.75) is 174 Å². The third-order valence-electron chi connectivity index (χ3n) is 11.3. The third-order valence-corrected chi connectivity index (χ3v) is 11.3. The quantitative estimate of drug-likeness (QED) is 0.241. The highest BCUT2D eigenvalue weighted by Crippen LogP contribution is 2.53. The number of ether oxygens (including phenoxy) is 1. The van der Waals surface area contributed by atoms with Gasteiger partial charge in [0.1, 0.15) is 5.82 Å². The summed E-state index contributed by atoms with van der Waals surface area (Å²) in [6, 6.07) is 0.375. The van der Waals surface area contributed by atoms with Gasteiger partial charge in [-0.3, -0.25) is 0 Å². The van der Waals surface area contributed by atoms with Gasteiger partial charge >= 0.3 is 0 Å². The van der Waals surface area contributed by atoms with Gasteiger partial charge in [0.2, 0.25) is 11.9 Å². The molecule has 1 aromatic heterocycles. The third kappa shape index (κ3) is 9.13. The molecule has 8 heteroatoms. The molecule has 1 saturated carbocycles. The number of aromatic nitrogens is 3. The molecule has 2 atom stereocenters. The number of piperidine rings is 2. The summed E-state index contributed by atoms with van der Waals surface area (Å²) in [7, 11) is 0. The SMILES string of the molecule is CC(C)c1nc(N2CCOCC2)nc(N(CCCCCC(C2CC(C)(C)NC3(CC3)C2)C(C)(C)C)C2CC(C)(C)NC(C)(C)C2)n1. The first-order valence-electron chi connectivity index (χ1n) is 18.8. The van der Waals surface area contributed by atoms with E-state index in [-0.39, 0.29) is 22.5 Å². The molecular weight excluding hydrogens is 570 g/mol. The van der Waals surface area contributed by atoms with Gasteiger partial charge in [-0.25, -0.2) is 0 Å². The summed E-state index contributed by atoms with van der Waals surface area (Å²) in [6.07, 6.45) is 12.6. The van der Waals surface area contributed by atoms with Crippen LogP contribution in [0.2, 0.25) is 0 Å². The second kappa shape index (κ2) is 13.4. The summed E-state index contributed by atoms with van der Waals surface area (Å²) in [6.45, 7) is 30.3.